The molecule has 2 atom stereocenters. The van der Waals surface area contributed by atoms with Crippen LogP contribution in [0.25, 0.3) is 0 Å². The van der Waals surface area contributed by atoms with Crippen LogP contribution in [0.15, 0.2) is 54.6 Å². The standard InChI is InChI=1S/C24H28FN3O2/c25-21-10-8-19(9-11-21)24(30)28-13-4-5-20(17-28)23(29)26-15-18-12-14-27(16-18)22-6-2-1-3-7-22/h1-3,6-11,18,20H,4-5,12-17H2,(H,26,29). The Morgan fingerprint density at radius 3 is 2.50 bits per heavy atom. The van der Waals surface area contributed by atoms with Crippen LogP contribution in [0.2, 0.25) is 0 Å². The number of amides is 2. The average molecular weight is 410 g/mol. The van der Waals surface area contributed by atoms with Crippen molar-refractivity contribution in [1.82, 2.24) is 10.2 Å². The summed E-state index contributed by atoms with van der Waals surface area (Å²) in [7, 11) is 0. The van der Waals surface area contributed by atoms with Gasteiger partial charge in [0.15, 0.2) is 0 Å². The maximum Gasteiger partial charge on any atom is 0.253 e. The van der Waals surface area contributed by atoms with E-state index in [9.17, 15) is 14.0 Å². The number of para-hydroxylation sites is 1. The van der Waals surface area contributed by atoms with Crippen LogP contribution in [-0.2, 0) is 4.79 Å². The number of likely N-dealkylation sites (tertiary alicyclic amines) is 1. The quantitative estimate of drug-likeness (QED) is 0.824. The fourth-order valence-electron chi connectivity index (χ4n) is 4.41. The van der Waals surface area contributed by atoms with E-state index < -0.39 is 0 Å². The van der Waals surface area contributed by atoms with E-state index in [-0.39, 0.29) is 23.5 Å². The number of nitrogens with one attached hydrogen (secondary N) is 1. The van der Waals surface area contributed by atoms with Gasteiger partial charge in [-0.1, -0.05) is 18.2 Å². The zero-order valence-corrected chi connectivity index (χ0v) is 17.1. The number of anilines is 1. The van der Waals surface area contributed by atoms with Gasteiger partial charge in [0.1, 0.15) is 5.82 Å². The summed E-state index contributed by atoms with van der Waals surface area (Å²) in [5, 5.41) is 3.12. The second-order valence-electron chi connectivity index (χ2n) is 8.28. The summed E-state index contributed by atoms with van der Waals surface area (Å²) in [5.41, 5.74) is 1.69. The zero-order chi connectivity index (χ0) is 20.9. The normalized spacial score (nSPS) is 21.5. The minimum atomic E-state index is -0.361. The average Bonchev–Trinajstić information content (AvgIpc) is 3.27. The molecular formula is C24H28FN3O2. The number of rotatable bonds is 5. The van der Waals surface area contributed by atoms with E-state index in [0.29, 0.717) is 31.1 Å². The Kier molecular flexibility index (Phi) is 6.31. The van der Waals surface area contributed by atoms with Crippen LogP contribution in [-0.4, -0.2) is 49.4 Å². The van der Waals surface area contributed by atoms with Gasteiger partial charge in [0.25, 0.3) is 5.91 Å². The Morgan fingerprint density at radius 1 is 0.967 bits per heavy atom. The van der Waals surface area contributed by atoms with Crippen molar-refractivity contribution in [2.75, 3.05) is 37.6 Å². The maximum atomic E-state index is 13.1. The number of hydrogen-bond acceptors (Lipinski definition) is 3. The molecule has 0 bridgehead atoms. The molecule has 0 aliphatic carbocycles. The number of carbonyl (C=O) groups is 2. The third-order valence-electron chi connectivity index (χ3n) is 6.14. The van der Waals surface area contributed by atoms with Gasteiger partial charge in [0, 0.05) is 44.0 Å². The second-order valence-corrected chi connectivity index (χ2v) is 8.28. The van der Waals surface area contributed by atoms with E-state index in [0.717, 1.165) is 32.4 Å². The number of halogens is 1. The third-order valence-corrected chi connectivity index (χ3v) is 6.14. The van der Waals surface area contributed by atoms with E-state index >= 15 is 0 Å². The summed E-state index contributed by atoms with van der Waals surface area (Å²) in [6.45, 7) is 3.68. The molecule has 158 valence electrons. The van der Waals surface area contributed by atoms with Crippen molar-refractivity contribution in [3.63, 3.8) is 0 Å². The highest BCUT2D eigenvalue weighted by Crippen LogP contribution is 2.24. The van der Waals surface area contributed by atoms with E-state index in [1.807, 2.05) is 18.2 Å². The van der Waals surface area contributed by atoms with Crippen LogP contribution in [0.4, 0.5) is 10.1 Å². The highest BCUT2D eigenvalue weighted by atomic mass is 19.1. The van der Waals surface area contributed by atoms with E-state index in [2.05, 4.69) is 22.3 Å². The summed E-state index contributed by atoms with van der Waals surface area (Å²) in [6.07, 6.45) is 2.66. The van der Waals surface area contributed by atoms with Crippen molar-refractivity contribution in [2.45, 2.75) is 19.3 Å². The predicted molar refractivity (Wildman–Crippen MR) is 115 cm³/mol. The smallest absolute Gasteiger partial charge is 0.253 e. The zero-order valence-electron chi connectivity index (χ0n) is 17.1. The van der Waals surface area contributed by atoms with Crippen molar-refractivity contribution in [3.8, 4) is 0 Å². The Balaban J connectivity index is 1.26. The molecule has 30 heavy (non-hydrogen) atoms. The molecule has 6 heteroatoms. The monoisotopic (exact) mass is 409 g/mol. The minimum Gasteiger partial charge on any atom is -0.371 e. The first kappa shape index (κ1) is 20.4. The predicted octanol–water partition coefficient (Wildman–Crippen LogP) is 3.32. The first-order valence-electron chi connectivity index (χ1n) is 10.7. The lowest BCUT2D eigenvalue weighted by Gasteiger charge is -2.32. The number of hydrogen-bond donors (Lipinski definition) is 1. The highest BCUT2D eigenvalue weighted by Gasteiger charge is 2.30. The van der Waals surface area contributed by atoms with Gasteiger partial charge in [-0.2, -0.15) is 0 Å². The molecule has 0 saturated carbocycles. The number of carbonyl (C=O) groups excluding carboxylic acids is 2. The van der Waals surface area contributed by atoms with Crippen molar-refractivity contribution < 1.29 is 14.0 Å². The summed E-state index contributed by atoms with van der Waals surface area (Å²) in [5.74, 6) is -0.212. The summed E-state index contributed by atoms with van der Waals surface area (Å²) < 4.78 is 13.1. The van der Waals surface area contributed by atoms with Gasteiger partial charge in [0.05, 0.1) is 5.92 Å². The van der Waals surface area contributed by atoms with Crippen LogP contribution < -0.4 is 10.2 Å². The molecule has 2 aromatic rings. The van der Waals surface area contributed by atoms with Gasteiger partial charge >= 0.3 is 0 Å². The maximum absolute atomic E-state index is 13.1. The largest absolute Gasteiger partial charge is 0.371 e. The lowest BCUT2D eigenvalue weighted by atomic mass is 9.96. The minimum absolute atomic E-state index is 0.0322. The molecule has 0 spiro atoms. The summed E-state index contributed by atoms with van der Waals surface area (Å²) in [6, 6.07) is 15.9. The van der Waals surface area contributed by atoms with Crippen molar-refractivity contribution in [3.05, 3.63) is 66.0 Å². The lowest BCUT2D eigenvalue weighted by molar-refractivity contribution is -0.126. The molecule has 4 rings (SSSR count). The number of benzene rings is 2. The molecule has 2 amide bonds. The molecule has 2 aliphatic heterocycles. The van der Waals surface area contributed by atoms with E-state index in [4.69, 9.17) is 0 Å². The third kappa shape index (κ3) is 4.81. The summed E-state index contributed by atoms with van der Waals surface area (Å²) in [4.78, 5) is 29.5. The van der Waals surface area contributed by atoms with Crippen molar-refractivity contribution in [1.29, 1.82) is 0 Å². The van der Waals surface area contributed by atoms with Crippen molar-refractivity contribution in [2.24, 2.45) is 11.8 Å². The lowest BCUT2D eigenvalue weighted by Crippen LogP contribution is -2.46. The van der Waals surface area contributed by atoms with Crippen LogP contribution in [0, 0.1) is 17.7 Å². The fourth-order valence-corrected chi connectivity index (χ4v) is 4.41. The molecule has 1 N–H and O–H groups in total. The number of piperidine rings is 1. The fraction of sp³-hybridized carbons (Fsp3) is 0.417. The Morgan fingerprint density at radius 2 is 1.73 bits per heavy atom. The molecule has 2 saturated heterocycles. The molecule has 2 aliphatic rings. The first-order valence-corrected chi connectivity index (χ1v) is 10.7. The Hall–Kier alpha value is -2.89. The molecule has 2 aromatic carbocycles. The molecule has 0 aromatic heterocycles. The Bertz CT molecular complexity index is 872. The number of nitrogens with zero attached hydrogens (tertiary/aromatic N) is 2. The van der Waals surface area contributed by atoms with E-state index in [1.54, 1.807) is 4.90 Å². The van der Waals surface area contributed by atoms with Gasteiger partial charge in [0.2, 0.25) is 5.91 Å². The molecular weight excluding hydrogens is 381 g/mol. The molecule has 2 fully saturated rings. The van der Waals surface area contributed by atoms with E-state index in [1.165, 1.54) is 30.0 Å². The van der Waals surface area contributed by atoms with Crippen LogP contribution >= 0.6 is 0 Å². The highest BCUT2D eigenvalue weighted by molar-refractivity contribution is 5.94. The molecule has 2 unspecified atom stereocenters. The van der Waals surface area contributed by atoms with Crippen LogP contribution in [0.5, 0.6) is 0 Å². The van der Waals surface area contributed by atoms with Crippen molar-refractivity contribution >= 4 is 17.5 Å². The van der Waals surface area contributed by atoms with Gasteiger partial charge in [-0.25, -0.2) is 4.39 Å². The first-order chi connectivity index (χ1) is 14.6. The van der Waals surface area contributed by atoms with Gasteiger partial charge in [-0.05, 0) is 61.6 Å². The summed E-state index contributed by atoms with van der Waals surface area (Å²) >= 11 is 0. The molecule has 2 heterocycles. The SMILES string of the molecule is O=C(NCC1CCN(c2ccccc2)C1)C1CCCN(C(=O)c2ccc(F)cc2)C1. The van der Waals surface area contributed by atoms with Gasteiger partial charge < -0.3 is 15.1 Å². The Labute approximate surface area is 176 Å². The molecule has 0 radical (unpaired) electrons. The topological polar surface area (TPSA) is 52.7 Å². The van der Waals surface area contributed by atoms with Gasteiger partial charge in [-0.3, -0.25) is 9.59 Å². The van der Waals surface area contributed by atoms with Crippen LogP contribution in [0.3, 0.4) is 0 Å². The molecule has 5 nitrogen and oxygen atoms in total. The second kappa shape index (κ2) is 9.28. The van der Waals surface area contributed by atoms with Gasteiger partial charge in [-0.15, -0.1) is 0 Å². The van der Waals surface area contributed by atoms with Crippen LogP contribution in [0.1, 0.15) is 29.6 Å².